The van der Waals surface area contributed by atoms with Gasteiger partial charge in [-0.15, -0.1) is 24.0 Å². The first kappa shape index (κ1) is 21.6. The Morgan fingerprint density at radius 2 is 1.97 bits per heavy atom. The molecule has 4 rings (SSSR count). The van der Waals surface area contributed by atoms with Crippen LogP contribution in [0, 0.1) is 6.92 Å². The van der Waals surface area contributed by atoms with Crippen molar-refractivity contribution >= 4 is 40.9 Å². The second kappa shape index (κ2) is 10.1. The maximum atomic E-state index is 6.01. The predicted octanol–water partition coefficient (Wildman–Crippen LogP) is 3.63. The Morgan fingerprint density at radius 3 is 2.66 bits per heavy atom. The number of para-hydroxylation sites is 1. The van der Waals surface area contributed by atoms with Crippen molar-refractivity contribution < 1.29 is 8.94 Å². The van der Waals surface area contributed by atoms with Gasteiger partial charge in [0.1, 0.15) is 24.2 Å². The van der Waals surface area contributed by atoms with E-state index in [1.165, 1.54) is 10.9 Å². The maximum Gasteiger partial charge on any atom is 0.194 e. The molecule has 0 amide bonds. The smallest absolute Gasteiger partial charge is 0.194 e. The van der Waals surface area contributed by atoms with Gasteiger partial charge in [-0.05, 0) is 19.9 Å². The van der Waals surface area contributed by atoms with Gasteiger partial charge in [-0.1, -0.05) is 23.4 Å². The number of guanidine groups is 1. The molecule has 156 valence electrons. The van der Waals surface area contributed by atoms with E-state index in [0.717, 1.165) is 62.3 Å². The number of rotatable bonds is 5. The van der Waals surface area contributed by atoms with E-state index in [1.807, 2.05) is 24.3 Å². The molecule has 1 N–H and O–H groups in total. The van der Waals surface area contributed by atoms with Gasteiger partial charge in [0, 0.05) is 56.3 Å². The van der Waals surface area contributed by atoms with Gasteiger partial charge in [0.15, 0.2) is 5.96 Å². The van der Waals surface area contributed by atoms with E-state index in [-0.39, 0.29) is 24.0 Å². The van der Waals surface area contributed by atoms with Crippen LogP contribution in [-0.2, 0) is 13.1 Å². The van der Waals surface area contributed by atoms with Gasteiger partial charge in [0.2, 0.25) is 0 Å². The first-order valence-corrected chi connectivity index (χ1v) is 9.86. The van der Waals surface area contributed by atoms with E-state index in [2.05, 4.69) is 40.2 Å². The minimum Gasteiger partial charge on any atom is -0.459 e. The molecule has 0 unspecified atom stereocenters. The zero-order chi connectivity index (χ0) is 19.3. The van der Waals surface area contributed by atoms with Crippen molar-refractivity contribution in [1.29, 1.82) is 0 Å². The minimum atomic E-state index is 0. The first-order valence-electron chi connectivity index (χ1n) is 9.86. The normalized spacial score (nSPS) is 15.5. The molecule has 1 saturated heterocycles. The molecule has 0 aliphatic carbocycles. The highest BCUT2D eigenvalue weighted by molar-refractivity contribution is 14.0. The van der Waals surface area contributed by atoms with Gasteiger partial charge in [-0.3, -0.25) is 4.90 Å². The number of aliphatic imine (C=N–C) groups is 1. The quantitative estimate of drug-likeness (QED) is 0.322. The third-order valence-corrected chi connectivity index (χ3v) is 5.20. The monoisotopic (exact) mass is 509 g/mol. The van der Waals surface area contributed by atoms with Crippen LogP contribution in [0.15, 0.2) is 50.5 Å². The number of nitrogens with zero attached hydrogens (tertiary/aromatic N) is 4. The molecule has 3 heterocycles. The molecule has 1 aliphatic rings. The van der Waals surface area contributed by atoms with Gasteiger partial charge >= 0.3 is 0 Å². The predicted molar refractivity (Wildman–Crippen MR) is 125 cm³/mol. The fraction of sp³-hybridized carbons (Fsp3) is 0.429. The highest BCUT2D eigenvalue weighted by atomic mass is 127. The molecule has 1 aliphatic heterocycles. The molecule has 2 aromatic heterocycles. The number of nitrogens with one attached hydrogen (secondary N) is 1. The van der Waals surface area contributed by atoms with Crippen LogP contribution in [0.1, 0.15) is 23.9 Å². The number of aryl methyl sites for hydroxylation is 1. The largest absolute Gasteiger partial charge is 0.459 e. The van der Waals surface area contributed by atoms with Crippen molar-refractivity contribution in [2.75, 3.05) is 32.7 Å². The lowest BCUT2D eigenvalue weighted by molar-refractivity contribution is 0.169. The number of furan rings is 1. The minimum absolute atomic E-state index is 0. The summed E-state index contributed by atoms with van der Waals surface area (Å²) in [5.41, 5.74) is 3.08. The summed E-state index contributed by atoms with van der Waals surface area (Å²) in [7, 11) is 0. The summed E-state index contributed by atoms with van der Waals surface area (Å²) in [6.07, 6.45) is 1.63. The SMILES string of the molecule is CCNC(=NCc1oc2ccccc2c1C)N1CCN(Cc2ccon2)CC1.I. The molecule has 8 heteroatoms. The highest BCUT2D eigenvalue weighted by Crippen LogP contribution is 2.25. The van der Waals surface area contributed by atoms with E-state index in [0.29, 0.717) is 6.54 Å². The third kappa shape index (κ3) is 5.11. The molecule has 1 fully saturated rings. The topological polar surface area (TPSA) is 70.0 Å². The molecular weight excluding hydrogens is 481 g/mol. The first-order chi connectivity index (χ1) is 13.7. The number of fused-ring (bicyclic) bond motifs is 1. The number of halogens is 1. The number of hydrogen-bond donors (Lipinski definition) is 1. The Balaban J connectivity index is 0.00000240. The summed E-state index contributed by atoms with van der Waals surface area (Å²) < 4.78 is 10.9. The Hall–Kier alpha value is -2.07. The van der Waals surface area contributed by atoms with Gasteiger partial charge in [-0.25, -0.2) is 4.99 Å². The van der Waals surface area contributed by atoms with Gasteiger partial charge in [0.05, 0.1) is 5.69 Å². The lowest BCUT2D eigenvalue weighted by Crippen LogP contribution is -2.52. The van der Waals surface area contributed by atoms with Crippen LogP contribution in [0.25, 0.3) is 11.0 Å². The lowest BCUT2D eigenvalue weighted by Gasteiger charge is -2.36. The number of hydrogen-bond acceptors (Lipinski definition) is 5. The van der Waals surface area contributed by atoms with Crippen LogP contribution in [0.5, 0.6) is 0 Å². The van der Waals surface area contributed by atoms with Crippen LogP contribution in [0.3, 0.4) is 0 Å². The lowest BCUT2D eigenvalue weighted by atomic mass is 10.1. The molecule has 0 atom stereocenters. The summed E-state index contributed by atoms with van der Waals surface area (Å²) in [4.78, 5) is 9.57. The van der Waals surface area contributed by atoms with Crippen molar-refractivity contribution in [3.05, 3.63) is 53.6 Å². The van der Waals surface area contributed by atoms with Gasteiger partial charge < -0.3 is 19.2 Å². The Morgan fingerprint density at radius 1 is 1.17 bits per heavy atom. The molecule has 0 bridgehead atoms. The summed E-state index contributed by atoms with van der Waals surface area (Å²) in [5.74, 6) is 1.88. The number of benzene rings is 1. The zero-order valence-electron chi connectivity index (χ0n) is 16.9. The van der Waals surface area contributed by atoms with E-state index in [4.69, 9.17) is 13.9 Å². The fourth-order valence-corrected chi connectivity index (χ4v) is 3.61. The average molecular weight is 509 g/mol. The summed E-state index contributed by atoms with van der Waals surface area (Å²) in [5, 5.41) is 8.60. The van der Waals surface area contributed by atoms with Crippen LogP contribution < -0.4 is 5.32 Å². The molecule has 7 nitrogen and oxygen atoms in total. The Bertz CT molecular complexity index is 930. The van der Waals surface area contributed by atoms with Crippen molar-refractivity contribution in [3.8, 4) is 0 Å². The molecule has 1 aromatic carbocycles. The molecule has 0 spiro atoms. The Kier molecular flexibility index (Phi) is 7.54. The molecule has 29 heavy (non-hydrogen) atoms. The van der Waals surface area contributed by atoms with Crippen molar-refractivity contribution in [2.45, 2.75) is 26.9 Å². The van der Waals surface area contributed by atoms with E-state index < -0.39 is 0 Å². The number of aromatic nitrogens is 1. The molecule has 0 saturated carbocycles. The summed E-state index contributed by atoms with van der Waals surface area (Å²) in [6, 6.07) is 10.1. The summed E-state index contributed by atoms with van der Waals surface area (Å²) in [6.45, 7) is 10.2. The van der Waals surface area contributed by atoms with Crippen molar-refractivity contribution in [3.63, 3.8) is 0 Å². The van der Waals surface area contributed by atoms with E-state index in [9.17, 15) is 0 Å². The zero-order valence-corrected chi connectivity index (χ0v) is 19.3. The fourth-order valence-electron chi connectivity index (χ4n) is 3.61. The van der Waals surface area contributed by atoms with Crippen LogP contribution >= 0.6 is 24.0 Å². The standard InChI is InChI=1S/C21H27N5O2.HI/c1-3-22-21(23-14-20-16(2)18-6-4-5-7-19(18)28-20)26-11-9-25(10-12-26)15-17-8-13-27-24-17;/h4-8,13H,3,9-12,14-15H2,1-2H3,(H,22,23);1H. The summed E-state index contributed by atoms with van der Waals surface area (Å²) >= 11 is 0. The van der Waals surface area contributed by atoms with Crippen LogP contribution in [-0.4, -0.2) is 53.6 Å². The second-order valence-corrected chi connectivity index (χ2v) is 7.07. The molecular formula is C21H28IN5O2. The van der Waals surface area contributed by atoms with Crippen molar-refractivity contribution in [2.24, 2.45) is 4.99 Å². The second-order valence-electron chi connectivity index (χ2n) is 7.07. The third-order valence-electron chi connectivity index (χ3n) is 5.20. The van der Waals surface area contributed by atoms with Crippen molar-refractivity contribution in [1.82, 2.24) is 20.3 Å². The van der Waals surface area contributed by atoms with E-state index >= 15 is 0 Å². The molecule has 3 aromatic rings. The highest BCUT2D eigenvalue weighted by Gasteiger charge is 2.20. The van der Waals surface area contributed by atoms with Crippen LogP contribution in [0.4, 0.5) is 0 Å². The van der Waals surface area contributed by atoms with Gasteiger partial charge in [-0.2, -0.15) is 0 Å². The molecule has 0 radical (unpaired) electrons. The number of piperazine rings is 1. The van der Waals surface area contributed by atoms with Crippen LogP contribution in [0.2, 0.25) is 0 Å². The van der Waals surface area contributed by atoms with E-state index in [1.54, 1.807) is 6.26 Å². The average Bonchev–Trinajstić information content (AvgIpc) is 3.34. The maximum absolute atomic E-state index is 6.01. The Labute approximate surface area is 188 Å². The van der Waals surface area contributed by atoms with Gasteiger partial charge in [0.25, 0.3) is 0 Å².